The Morgan fingerprint density at radius 3 is 2.21 bits per heavy atom. The van der Waals surface area contributed by atoms with E-state index in [0.29, 0.717) is 11.6 Å². The molecule has 1 fully saturated rings. The number of nitrogens with one attached hydrogen (secondary N) is 1. The van der Waals surface area contributed by atoms with Gasteiger partial charge in [0.1, 0.15) is 0 Å². The molecule has 1 unspecified atom stereocenters. The van der Waals surface area contributed by atoms with E-state index >= 15 is 0 Å². The van der Waals surface area contributed by atoms with Gasteiger partial charge in [-0.1, -0.05) is 0 Å². The summed E-state index contributed by atoms with van der Waals surface area (Å²) in [5, 5.41) is 2.98. The summed E-state index contributed by atoms with van der Waals surface area (Å²) in [6.45, 7) is 2.12. The molecule has 1 saturated heterocycles. The third-order valence-corrected chi connectivity index (χ3v) is 5.42. The van der Waals surface area contributed by atoms with Crippen LogP contribution >= 0.6 is 0 Å². The van der Waals surface area contributed by atoms with Crippen LogP contribution in [0.3, 0.4) is 0 Å². The SMILES string of the molecule is CN(C)C1CCN(c2ccc(NC(=O)c3ccc(-n4cccc4)cc3)cc2)C1. The Morgan fingerprint density at radius 1 is 0.964 bits per heavy atom. The van der Waals surface area contributed by atoms with Crippen LogP contribution in [0, 0.1) is 0 Å². The lowest BCUT2D eigenvalue weighted by Gasteiger charge is -2.22. The molecule has 144 valence electrons. The Kier molecular flexibility index (Phi) is 5.17. The average molecular weight is 374 g/mol. The highest BCUT2D eigenvalue weighted by Crippen LogP contribution is 2.24. The minimum Gasteiger partial charge on any atom is -0.370 e. The molecule has 0 bridgehead atoms. The number of rotatable bonds is 5. The largest absolute Gasteiger partial charge is 0.370 e. The zero-order valence-electron chi connectivity index (χ0n) is 16.4. The molecule has 1 N–H and O–H groups in total. The molecule has 5 nitrogen and oxygen atoms in total. The van der Waals surface area contributed by atoms with Crippen LogP contribution in [0.5, 0.6) is 0 Å². The van der Waals surface area contributed by atoms with E-state index in [1.807, 2.05) is 65.5 Å². The van der Waals surface area contributed by atoms with E-state index in [-0.39, 0.29) is 5.91 Å². The molecule has 0 aliphatic carbocycles. The molecule has 5 heteroatoms. The lowest BCUT2D eigenvalue weighted by molar-refractivity contribution is 0.102. The van der Waals surface area contributed by atoms with Crippen molar-refractivity contribution in [2.45, 2.75) is 12.5 Å². The van der Waals surface area contributed by atoms with Gasteiger partial charge in [0, 0.05) is 54.2 Å². The Hall–Kier alpha value is -3.05. The number of carbonyl (C=O) groups excluding carboxylic acids is 1. The van der Waals surface area contributed by atoms with Gasteiger partial charge in [0.25, 0.3) is 5.91 Å². The molecule has 4 rings (SSSR count). The molecule has 0 saturated carbocycles. The second kappa shape index (κ2) is 7.90. The first-order chi connectivity index (χ1) is 13.6. The van der Waals surface area contributed by atoms with Crippen molar-refractivity contribution >= 4 is 17.3 Å². The van der Waals surface area contributed by atoms with Crippen LogP contribution in [0.25, 0.3) is 5.69 Å². The van der Waals surface area contributed by atoms with Crippen LogP contribution in [0.15, 0.2) is 73.1 Å². The Labute approximate surface area is 166 Å². The van der Waals surface area contributed by atoms with Crippen molar-refractivity contribution in [3.05, 3.63) is 78.6 Å². The normalized spacial score (nSPS) is 16.5. The first-order valence-electron chi connectivity index (χ1n) is 9.66. The number of hydrogen-bond acceptors (Lipinski definition) is 3. The number of hydrogen-bond donors (Lipinski definition) is 1. The highest BCUT2D eigenvalue weighted by atomic mass is 16.1. The summed E-state index contributed by atoms with van der Waals surface area (Å²) in [4.78, 5) is 17.2. The van der Waals surface area contributed by atoms with Crippen LogP contribution in [0.4, 0.5) is 11.4 Å². The zero-order chi connectivity index (χ0) is 19.5. The highest BCUT2D eigenvalue weighted by molar-refractivity contribution is 6.04. The number of anilines is 2. The molecule has 1 aliphatic heterocycles. The van der Waals surface area contributed by atoms with E-state index in [0.717, 1.165) is 24.5 Å². The summed E-state index contributed by atoms with van der Waals surface area (Å²) in [6.07, 6.45) is 5.15. The molecule has 1 aliphatic rings. The van der Waals surface area contributed by atoms with E-state index in [1.54, 1.807) is 0 Å². The maximum absolute atomic E-state index is 12.5. The van der Waals surface area contributed by atoms with Crippen molar-refractivity contribution in [1.29, 1.82) is 0 Å². The van der Waals surface area contributed by atoms with E-state index in [9.17, 15) is 4.79 Å². The van der Waals surface area contributed by atoms with Crippen LogP contribution in [0.1, 0.15) is 16.8 Å². The van der Waals surface area contributed by atoms with Crippen molar-refractivity contribution < 1.29 is 4.79 Å². The Morgan fingerprint density at radius 2 is 1.61 bits per heavy atom. The first kappa shape index (κ1) is 18.3. The van der Waals surface area contributed by atoms with Gasteiger partial charge in [-0.2, -0.15) is 0 Å². The monoisotopic (exact) mass is 374 g/mol. The summed E-state index contributed by atoms with van der Waals surface area (Å²) in [6, 6.07) is 20.3. The molecule has 2 aromatic carbocycles. The first-order valence-corrected chi connectivity index (χ1v) is 9.66. The van der Waals surface area contributed by atoms with Crippen molar-refractivity contribution in [3.8, 4) is 5.69 Å². The lowest BCUT2D eigenvalue weighted by Crippen LogP contribution is -2.31. The number of likely N-dealkylation sites (N-methyl/N-ethyl adjacent to an activating group) is 1. The summed E-state index contributed by atoms with van der Waals surface area (Å²) < 4.78 is 2.01. The van der Waals surface area contributed by atoms with E-state index < -0.39 is 0 Å². The summed E-state index contributed by atoms with van der Waals surface area (Å²) in [5.74, 6) is -0.0966. The fourth-order valence-electron chi connectivity index (χ4n) is 3.65. The smallest absolute Gasteiger partial charge is 0.255 e. The van der Waals surface area contributed by atoms with Gasteiger partial charge in [0.15, 0.2) is 0 Å². The van der Waals surface area contributed by atoms with Crippen molar-refractivity contribution in [2.75, 3.05) is 37.4 Å². The van der Waals surface area contributed by atoms with Crippen molar-refractivity contribution in [2.24, 2.45) is 0 Å². The molecule has 0 radical (unpaired) electrons. The second-order valence-corrected chi connectivity index (χ2v) is 7.49. The molecule has 1 atom stereocenters. The number of carbonyl (C=O) groups is 1. The van der Waals surface area contributed by atoms with Gasteiger partial charge < -0.3 is 19.7 Å². The van der Waals surface area contributed by atoms with Crippen molar-refractivity contribution in [3.63, 3.8) is 0 Å². The second-order valence-electron chi connectivity index (χ2n) is 7.49. The number of aromatic nitrogens is 1. The van der Waals surface area contributed by atoms with Crippen LogP contribution in [-0.2, 0) is 0 Å². The van der Waals surface area contributed by atoms with Crippen molar-refractivity contribution in [1.82, 2.24) is 9.47 Å². The third kappa shape index (κ3) is 3.94. The minimum atomic E-state index is -0.0966. The van der Waals surface area contributed by atoms with Gasteiger partial charge >= 0.3 is 0 Å². The Bertz CT molecular complexity index is 914. The van der Waals surface area contributed by atoms with E-state index in [2.05, 4.69) is 41.3 Å². The Balaban J connectivity index is 1.38. The molecular formula is C23H26N4O. The van der Waals surface area contributed by atoms with E-state index in [4.69, 9.17) is 0 Å². The predicted molar refractivity (Wildman–Crippen MR) is 114 cm³/mol. The molecular weight excluding hydrogens is 348 g/mol. The molecule has 28 heavy (non-hydrogen) atoms. The number of amides is 1. The number of benzene rings is 2. The van der Waals surface area contributed by atoms with E-state index in [1.165, 1.54) is 12.1 Å². The van der Waals surface area contributed by atoms with Gasteiger partial charge in [0.05, 0.1) is 0 Å². The quantitative estimate of drug-likeness (QED) is 0.737. The predicted octanol–water partition coefficient (Wildman–Crippen LogP) is 3.87. The maximum Gasteiger partial charge on any atom is 0.255 e. The van der Waals surface area contributed by atoms with Gasteiger partial charge in [-0.05, 0) is 81.2 Å². The summed E-state index contributed by atoms with van der Waals surface area (Å²) in [5.41, 5.74) is 3.70. The standard InChI is InChI=1S/C23H26N4O/c1-25(2)22-13-16-27(17-22)21-11-7-19(8-12-21)24-23(28)18-5-9-20(10-6-18)26-14-3-4-15-26/h3-12,14-15,22H,13,16-17H2,1-2H3,(H,24,28). The fourth-order valence-corrected chi connectivity index (χ4v) is 3.65. The highest BCUT2D eigenvalue weighted by Gasteiger charge is 2.23. The summed E-state index contributed by atoms with van der Waals surface area (Å²) in [7, 11) is 4.27. The zero-order valence-corrected chi connectivity index (χ0v) is 16.4. The third-order valence-electron chi connectivity index (χ3n) is 5.42. The molecule has 2 heterocycles. The fraction of sp³-hybridized carbons (Fsp3) is 0.261. The lowest BCUT2D eigenvalue weighted by atomic mass is 10.2. The van der Waals surface area contributed by atoms with Gasteiger partial charge in [-0.3, -0.25) is 4.79 Å². The molecule has 0 spiro atoms. The summed E-state index contributed by atoms with van der Waals surface area (Å²) >= 11 is 0. The van der Waals surface area contributed by atoms with Crippen LogP contribution in [-0.4, -0.2) is 48.6 Å². The number of nitrogens with zero attached hydrogens (tertiary/aromatic N) is 3. The average Bonchev–Trinajstić information content (AvgIpc) is 3.41. The van der Waals surface area contributed by atoms with Gasteiger partial charge in [-0.15, -0.1) is 0 Å². The van der Waals surface area contributed by atoms with Crippen LogP contribution in [0.2, 0.25) is 0 Å². The molecule has 1 aromatic heterocycles. The topological polar surface area (TPSA) is 40.5 Å². The molecule has 3 aromatic rings. The van der Waals surface area contributed by atoms with Crippen LogP contribution < -0.4 is 10.2 Å². The van der Waals surface area contributed by atoms with Gasteiger partial charge in [-0.25, -0.2) is 0 Å². The van der Waals surface area contributed by atoms with Gasteiger partial charge in [0.2, 0.25) is 0 Å². The maximum atomic E-state index is 12.5. The minimum absolute atomic E-state index is 0.0966. The molecule has 1 amide bonds.